The van der Waals surface area contributed by atoms with Gasteiger partial charge in [-0.25, -0.2) is 13.4 Å². The average Bonchev–Trinajstić information content (AvgIpc) is 3.13. The quantitative estimate of drug-likeness (QED) is 0.676. The molecule has 1 saturated carbocycles. The number of amides is 1. The van der Waals surface area contributed by atoms with Crippen LogP contribution in [0.5, 0.6) is 0 Å². The molecule has 1 aliphatic carbocycles. The molecule has 170 valence electrons. The van der Waals surface area contributed by atoms with Crippen LogP contribution in [0.25, 0.3) is 10.2 Å². The molecule has 4 rings (SSSR count). The Kier molecular flexibility index (Phi) is 6.50. The summed E-state index contributed by atoms with van der Waals surface area (Å²) in [7, 11) is -1.99. The van der Waals surface area contributed by atoms with Crippen LogP contribution in [0.1, 0.15) is 56.2 Å². The van der Waals surface area contributed by atoms with Crippen molar-refractivity contribution >= 4 is 37.5 Å². The molecule has 8 nitrogen and oxygen atoms in total. The van der Waals surface area contributed by atoms with E-state index in [9.17, 15) is 18.0 Å². The second-order valence-electron chi connectivity index (χ2n) is 8.61. The lowest BCUT2D eigenvalue weighted by molar-refractivity contribution is -0.133. The Bertz CT molecular complexity index is 1130. The van der Waals surface area contributed by atoms with E-state index >= 15 is 0 Å². The van der Waals surface area contributed by atoms with Crippen LogP contribution in [0.2, 0.25) is 0 Å². The van der Waals surface area contributed by atoms with Gasteiger partial charge in [-0.05, 0) is 32.6 Å². The lowest BCUT2D eigenvalue weighted by atomic mass is 9.94. The van der Waals surface area contributed by atoms with E-state index in [-0.39, 0.29) is 28.8 Å². The van der Waals surface area contributed by atoms with Crippen LogP contribution in [0.3, 0.4) is 0 Å². The van der Waals surface area contributed by atoms with Gasteiger partial charge in [0.2, 0.25) is 15.9 Å². The van der Waals surface area contributed by atoms with Gasteiger partial charge >= 0.3 is 0 Å². The van der Waals surface area contributed by atoms with Crippen molar-refractivity contribution in [2.75, 3.05) is 20.1 Å². The van der Waals surface area contributed by atoms with Gasteiger partial charge in [0.05, 0.1) is 11.7 Å². The van der Waals surface area contributed by atoms with E-state index in [1.165, 1.54) is 33.0 Å². The predicted octanol–water partition coefficient (Wildman–Crippen LogP) is 2.73. The molecule has 0 unspecified atom stereocenters. The fourth-order valence-corrected chi connectivity index (χ4v) is 7.88. The van der Waals surface area contributed by atoms with Gasteiger partial charge in [-0.1, -0.05) is 25.7 Å². The Hall–Kier alpha value is -1.78. The third-order valence-electron chi connectivity index (χ3n) is 6.53. The fourth-order valence-electron chi connectivity index (χ4n) is 4.70. The number of aromatic nitrogens is 2. The van der Waals surface area contributed by atoms with E-state index in [2.05, 4.69) is 4.98 Å². The maximum absolute atomic E-state index is 13.4. The zero-order valence-electron chi connectivity index (χ0n) is 18.2. The SMILES string of the molecule is Cc1sc2ncn(CC(=O)N(C)C3CCCCC3)c(=O)c2c1S(=O)(=O)N1CCCCC1. The Labute approximate surface area is 186 Å². The third-order valence-corrected chi connectivity index (χ3v) is 9.75. The number of carbonyl (C=O) groups excluding carboxylic acids is 1. The number of hydrogen-bond donors (Lipinski definition) is 0. The van der Waals surface area contributed by atoms with Crippen LogP contribution in [-0.4, -0.2) is 59.3 Å². The summed E-state index contributed by atoms with van der Waals surface area (Å²) in [4.78, 5) is 33.3. The summed E-state index contributed by atoms with van der Waals surface area (Å²) < 4.78 is 29.5. The summed E-state index contributed by atoms with van der Waals surface area (Å²) >= 11 is 1.21. The van der Waals surface area contributed by atoms with E-state index in [0.717, 1.165) is 44.9 Å². The van der Waals surface area contributed by atoms with E-state index < -0.39 is 15.6 Å². The summed E-state index contributed by atoms with van der Waals surface area (Å²) in [6.07, 6.45) is 9.42. The molecule has 0 N–H and O–H groups in total. The molecule has 1 aliphatic heterocycles. The van der Waals surface area contributed by atoms with Crippen molar-refractivity contribution in [2.24, 2.45) is 0 Å². The molecule has 2 fully saturated rings. The standard InChI is InChI=1S/C21H30N4O4S2/c1-15-19(31(28,29)25-11-7-4-8-12-25)18-20(30-15)22-14-24(21(18)27)13-17(26)23(2)16-9-5-3-6-10-16/h14,16H,3-13H2,1-2H3. The molecule has 2 aliphatic rings. The van der Waals surface area contributed by atoms with Crippen LogP contribution < -0.4 is 5.56 Å². The van der Waals surface area contributed by atoms with E-state index in [1.54, 1.807) is 18.9 Å². The highest BCUT2D eigenvalue weighted by Crippen LogP contribution is 2.33. The number of likely N-dealkylation sites (N-methyl/N-ethyl adjacent to an activating group) is 1. The summed E-state index contributed by atoms with van der Waals surface area (Å²) in [5.41, 5.74) is -0.463. The number of fused-ring (bicyclic) bond motifs is 1. The summed E-state index contributed by atoms with van der Waals surface area (Å²) in [5, 5.41) is 0.115. The number of aryl methyl sites for hydroxylation is 1. The molecule has 0 atom stereocenters. The zero-order valence-corrected chi connectivity index (χ0v) is 19.8. The number of nitrogens with zero attached hydrogens (tertiary/aromatic N) is 4. The second kappa shape index (κ2) is 8.99. The lowest BCUT2D eigenvalue weighted by Crippen LogP contribution is -2.41. The Balaban J connectivity index is 1.68. The van der Waals surface area contributed by atoms with E-state index in [0.29, 0.717) is 22.8 Å². The molecule has 31 heavy (non-hydrogen) atoms. The fraction of sp³-hybridized carbons (Fsp3) is 0.667. The molecule has 1 amide bonds. The Morgan fingerprint density at radius 2 is 1.81 bits per heavy atom. The minimum Gasteiger partial charge on any atom is -0.341 e. The van der Waals surface area contributed by atoms with E-state index in [1.807, 2.05) is 0 Å². The van der Waals surface area contributed by atoms with Crippen LogP contribution >= 0.6 is 11.3 Å². The molecular formula is C21H30N4O4S2. The van der Waals surface area contributed by atoms with Crippen LogP contribution in [0, 0.1) is 6.92 Å². The molecule has 0 radical (unpaired) electrons. The first-order chi connectivity index (χ1) is 14.8. The number of thiophene rings is 1. The highest BCUT2D eigenvalue weighted by Gasteiger charge is 2.32. The second-order valence-corrected chi connectivity index (χ2v) is 11.7. The highest BCUT2D eigenvalue weighted by atomic mass is 32.2. The third kappa shape index (κ3) is 4.29. The number of rotatable bonds is 5. The van der Waals surface area contributed by atoms with Crippen molar-refractivity contribution in [3.8, 4) is 0 Å². The Morgan fingerprint density at radius 3 is 2.48 bits per heavy atom. The van der Waals surface area contributed by atoms with Crippen LogP contribution in [-0.2, 0) is 21.4 Å². The summed E-state index contributed by atoms with van der Waals surface area (Å²) in [6.45, 7) is 2.53. The molecule has 2 aromatic heterocycles. The van der Waals surface area contributed by atoms with Gasteiger partial charge in [0, 0.05) is 31.1 Å². The van der Waals surface area contributed by atoms with Crippen molar-refractivity contribution < 1.29 is 13.2 Å². The lowest BCUT2D eigenvalue weighted by Gasteiger charge is -2.31. The van der Waals surface area contributed by atoms with Crippen molar-refractivity contribution in [1.29, 1.82) is 0 Å². The smallest absolute Gasteiger partial charge is 0.263 e. The van der Waals surface area contributed by atoms with Crippen molar-refractivity contribution in [3.63, 3.8) is 0 Å². The first kappa shape index (κ1) is 22.4. The molecule has 1 saturated heterocycles. The zero-order chi connectivity index (χ0) is 22.2. The van der Waals surface area contributed by atoms with Gasteiger partial charge in [0.15, 0.2) is 0 Å². The van der Waals surface area contributed by atoms with E-state index in [4.69, 9.17) is 0 Å². The van der Waals surface area contributed by atoms with Gasteiger partial charge in [-0.2, -0.15) is 4.31 Å². The molecule has 3 heterocycles. The van der Waals surface area contributed by atoms with Gasteiger partial charge in [-0.3, -0.25) is 14.2 Å². The number of piperidine rings is 1. The van der Waals surface area contributed by atoms with Crippen LogP contribution in [0.15, 0.2) is 16.0 Å². The van der Waals surface area contributed by atoms with Crippen molar-refractivity contribution in [2.45, 2.75) is 75.8 Å². The molecular weight excluding hydrogens is 436 g/mol. The molecule has 2 aromatic rings. The molecule has 0 bridgehead atoms. The van der Waals surface area contributed by atoms with Gasteiger partial charge in [0.25, 0.3) is 5.56 Å². The predicted molar refractivity (Wildman–Crippen MR) is 121 cm³/mol. The van der Waals surface area contributed by atoms with Gasteiger partial charge in [-0.15, -0.1) is 11.3 Å². The monoisotopic (exact) mass is 466 g/mol. The molecule has 10 heteroatoms. The first-order valence-electron chi connectivity index (χ1n) is 11.0. The Morgan fingerprint density at radius 1 is 1.16 bits per heavy atom. The van der Waals surface area contributed by atoms with Crippen molar-refractivity contribution in [1.82, 2.24) is 18.8 Å². The first-order valence-corrected chi connectivity index (χ1v) is 13.3. The van der Waals surface area contributed by atoms with Gasteiger partial charge < -0.3 is 4.90 Å². The average molecular weight is 467 g/mol. The normalized spacial score (nSPS) is 19.0. The largest absolute Gasteiger partial charge is 0.341 e. The summed E-state index contributed by atoms with van der Waals surface area (Å²) in [5.74, 6) is -0.150. The molecule has 0 aromatic carbocycles. The van der Waals surface area contributed by atoms with Gasteiger partial charge in [0.1, 0.15) is 16.3 Å². The van der Waals surface area contributed by atoms with Crippen LogP contribution in [0.4, 0.5) is 0 Å². The number of carbonyl (C=O) groups is 1. The molecule has 0 spiro atoms. The number of sulfonamides is 1. The highest BCUT2D eigenvalue weighted by molar-refractivity contribution is 7.89. The minimum absolute atomic E-state index is 0.0642. The minimum atomic E-state index is -3.78. The van der Waals surface area contributed by atoms with Crippen molar-refractivity contribution in [3.05, 3.63) is 21.6 Å². The maximum atomic E-state index is 13.4. The topological polar surface area (TPSA) is 92.6 Å². The number of hydrogen-bond acceptors (Lipinski definition) is 6. The maximum Gasteiger partial charge on any atom is 0.263 e. The summed E-state index contributed by atoms with van der Waals surface area (Å²) in [6, 6.07) is 0.201.